The van der Waals surface area contributed by atoms with Gasteiger partial charge in [0.2, 0.25) is 0 Å². The first-order valence-electron chi connectivity index (χ1n) is 11.3. The molecule has 1 saturated heterocycles. The Morgan fingerprint density at radius 1 is 1.03 bits per heavy atom. The van der Waals surface area contributed by atoms with E-state index in [0.29, 0.717) is 24.7 Å². The predicted octanol–water partition coefficient (Wildman–Crippen LogP) is 6.19. The summed E-state index contributed by atoms with van der Waals surface area (Å²) < 4.78 is 31.6. The van der Waals surface area contributed by atoms with Crippen molar-refractivity contribution in [3.05, 3.63) is 35.1 Å². The summed E-state index contributed by atoms with van der Waals surface area (Å²) in [6.07, 6.45) is 9.17. The first-order chi connectivity index (χ1) is 14.1. The Bertz CT molecular complexity index is 646. The third kappa shape index (κ3) is 6.26. The lowest BCUT2D eigenvalue weighted by Gasteiger charge is -2.30. The van der Waals surface area contributed by atoms with Gasteiger partial charge in [-0.05, 0) is 50.2 Å². The summed E-state index contributed by atoms with van der Waals surface area (Å²) in [6.45, 7) is 5.49. The number of carbonyl (C=O) groups excluding carboxylic acids is 1. The number of halogens is 1. The highest BCUT2D eigenvalue weighted by atomic mass is 19.1. The van der Waals surface area contributed by atoms with Crippen molar-refractivity contribution in [2.45, 2.75) is 84.0 Å². The molecule has 1 aliphatic carbocycles. The van der Waals surface area contributed by atoms with Gasteiger partial charge >= 0.3 is 5.97 Å². The standard InChI is InChI=1S/C24H35FO4/c1-3-5-7-17-8-11-20(12-9-17)29-23(26)19-10-13-21(22(25)14-19)24-27-15-18(6-4-2)16-28-24/h10,13-14,17-18,20,24H,3-9,11-12,15-16H2,1-2H3/t17-,18?,20-,24?. The minimum absolute atomic E-state index is 0.0522. The van der Waals surface area contributed by atoms with Crippen molar-refractivity contribution in [3.8, 4) is 0 Å². The van der Waals surface area contributed by atoms with E-state index in [1.165, 1.54) is 25.3 Å². The van der Waals surface area contributed by atoms with E-state index in [2.05, 4.69) is 13.8 Å². The quantitative estimate of drug-likeness (QED) is 0.483. The van der Waals surface area contributed by atoms with Crippen LogP contribution in [0.1, 0.15) is 93.8 Å². The summed E-state index contributed by atoms with van der Waals surface area (Å²) in [6, 6.07) is 4.44. The van der Waals surface area contributed by atoms with E-state index < -0.39 is 18.1 Å². The minimum atomic E-state index is -0.702. The van der Waals surface area contributed by atoms with E-state index >= 15 is 0 Å². The van der Waals surface area contributed by atoms with Crippen molar-refractivity contribution in [3.63, 3.8) is 0 Å². The molecule has 0 bridgehead atoms. The van der Waals surface area contributed by atoms with Crippen molar-refractivity contribution in [2.75, 3.05) is 13.2 Å². The number of esters is 1. The fraction of sp³-hybridized carbons (Fsp3) is 0.708. The largest absolute Gasteiger partial charge is 0.459 e. The van der Waals surface area contributed by atoms with Crippen molar-refractivity contribution in [1.29, 1.82) is 0 Å². The van der Waals surface area contributed by atoms with Gasteiger partial charge in [-0.15, -0.1) is 0 Å². The average molecular weight is 407 g/mol. The van der Waals surface area contributed by atoms with Crippen LogP contribution < -0.4 is 0 Å². The lowest BCUT2D eigenvalue weighted by Crippen LogP contribution is -2.27. The molecule has 1 aromatic rings. The van der Waals surface area contributed by atoms with Crippen LogP contribution >= 0.6 is 0 Å². The van der Waals surface area contributed by atoms with E-state index in [0.717, 1.165) is 44.4 Å². The molecular weight excluding hydrogens is 371 g/mol. The number of hydrogen-bond donors (Lipinski definition) is 0. The van der Waals surface area contributed by atoms with Crippen LogP contribution in [0.15, 0.2) is 18.2 Å². The van der Waals surface area contributed by atoms with E-state index in [4.69, 9.17) is 14.2 Å². The molecule has 0 unspecified atom stereocenters. The summed E-state index contributed by atoms with van der Waals surface area (Å²) in [5.74, 6) is 0.197. The monoisotopic (exact) mass is 406 g/mol. The van der Waals surface area contributed by atoms with Gasteiger partial charge in [0.05, 0.1) is 18.8 Å². The van der Waals surface area contributed by atoms with Gasteiger partial charge in [-0.2, -0.15) is 0 Å². The molecule has 1 heterocycles. The van der Waals surface area contributed by atoms with E-state index in [9.17, 15) is 9.18 Å². The number of carbonyl (C=O) groups is 1. The van der Waals surface area contributed by atoms with Gasteiger partial charge in [-0.25, -0.2) is 9.18 Å². The molecule has 0 radical (unpaired) electrons. The van der Waals surface area contributed by atoms with Gasteiger partial charge in [0.15, 0.2) is 6.29 Å². The molecule has 2 fully saturated rings. The average Bonchev–Trinajstić information content (AvgIpc) is 2.74. The molecule has 4 nitrogen and oxygen atoms in total. The zero-order chi connectivity index (χ0) is 20.6. The number of ether oxygens (including phenoxy) is 3. The van der Waals surface area contributed by atoms with Gasteiger partial charge < -0.3 is 14.2 Å². The summed E-state index contributed by atoms with van der Waals surface area (Å²) in [5, 5.41) is 0. The van der Waals surface area contributed by atoms with E-state index in [1.54, 1.807) is 12.1 Å². The number of rotatable bonds is 8. The van der Waals surface area contributed by atoms with Crippen LogP contribution in [0.4, 0.5) is 4.39 Å². The minimum Gasteiger partial charge on any atom is -0.459 e. The van der Waals surface area contributed by atoms with Gasteiger partial charge in [-0.1, -0.05) is 45.6 Å². The Morgan fingerprint density at radius 3 is 2.38 bits per heavy atom. The van der Waals surface area contributed by atoms with Crippen molar-refractivity contribution < 1.29 is 23.4 Å². The molecule has 0 N–H and O–H groups in total. The number of hydrogen-bond acceptors (Lipinski definition) is 4. The second kappa shape index (κ2) is 11.1. The molecule has 1 aromatic carbocycles. The molecule has 0 amide bonds. The zero-order valence-corrected chi connectivity index (χ0v) is 17.8. The van der Waals surface area contributed by atoms with Crippen LogP contribution in [0, 0.1) is 17.7 Å². The molecule has 0 spiro atoms. The number of benzene rings is 1. The van der Waals surface area contributed by atoms with Gasteiger partial charge in [0.25, 0.3) is 0 Å². The highest BCUT2D eigenvalue weighted by Gasteiger charge is 2.27. The smallest absolute Gasteiger partial charge is 0.338 e. The molecule has 1 saturated carbocycles. The van der Waals surface area contributed by atoms with Crippen molar-refractivity contribution in [1.82, 2.24) is 0 Å². The number of unbranched alkanes of at least 4 members (excludes halogenated alkanes) is 1. The van der Waals surface area contributed by atoms with Crippen LogP contribution in [0.25, 0.3) is 0 Å². The van der Waals surface area contributed by atoms with Gasteiger partial charge in [0, 0.05) is 11.5 Å². The lowest BCUT2D eigenvalue weighted by molar-refractivity contribution is -0.207. The Hall–Kier alpha value is -1.46. The van der Waals surface area contributed by atoms with Crippen LogP contribution in [0.5, 0.6) is 0 Å². The third-order valence-corrected chi connectivity index (χ3v) is 6.19. The first kappa shape index (κ1) is 22.2. The topological polar surface area (TPSA) is 44.8 Å². The SMILES string of the molecule is CCCC[C@H]1CC[C@H](OC(=O)c2ccc(C3OCC(CCC)CO3)c(F)c2)CC1. The fourth-order valence-corrected chi connectivity index (χ4v) is 4.39. The first-order valence-corrected chi connectivity index (χ1v) is 11.3. The van der Waals surface area contributed by atoms with E-state index in [1.807, 2.05) is 0 Å². The molecule has 3 rings (SSSR count). The third-order valence-electron chi connectivity index (χ3n) is 6.19. The Balaban J connectivity index is 1.50. The van der Waals surface area contributed by atoms with Crippen LogP contribution in [-0.4, -0.2) is 25.3 Å². The molecular formula is C24H35FO4. The van der Waals surface area contributed by atoms with E-state index in [-0.39, 0.29) is 11.7 Å². The summed E-state index contributed by atoms with van der Waals surface area (Å²) in [5.41, 5.74) is 0.590. The van der Waals surface area contributed by atoms with Crippen LogP contribution in [0.3, 0.4) is 0 Å². The Kier molecular flexibility index (Phi) is 8.49. The highest BCUT2D eigenvalue weighted by Crippen LogP contribution is 2.31. The summed E-state index contributed by atoms with van der Waals surface area (Å²) in [7, 11) is 0. The maximum atomic E-state index is 14.6. The van der Waals surface area contributed by atoms with Crippen molar-refractivity contribution in [2.24, 2.45) is 11.8 Å². The molecule has 29 heavy (non-hydrogen) atoms. The Morgan fingerprint density at radius 2 is 1.76 bits per heavy atom. The van der Waals surface area contributed by atoms with Crippen LogP contribution in [0.2, 0.25) is 0 Å². The molecule has 2 aliphatic rings. The second-order valence-electron chi connectivity index (χ2n) is 8.58. The second-order valence-corrected chi connectivity index (χ2v) is 8.58. The highest BCUT2D eigenvalue weighted by molar-refractivity contribution is 5.89. The van der Waals surface area contributed by atoms with Gasteiger partial charge in [0.1, 0.15) is 11.9 Å². The summed E-state index contributed by atoms with van der Waals surface area (Å²) >= 11 is 0. The summed E-state index contributed by atoms with van der Waals surface area (Å²) in [4.78, 5) is 12.5. The van der Waals surface area contributed by atoms with Gasteiger partial charge in [-0.3, -0.25) is 0 Å². The van der Waals surface area contributed by atoms with Crippen molar-refractivity contribution >= 4 is 5.97 Å². The van der Waals surface area contributed by atoms with Crippen LogP contribution in [-0.2, 0) is 14.2 Å². The maximum absolute atomic E-state index is 14.6. The molecule has 0 atom stereocenters. The fourth-order valence-electron chi connectivity index (χ4n) is 4.39. The lowest BCUT2D eigenvalue weighted by atomic mass is 9.84. The zero-order valence-electron chi connectivity index (χ0n) is 17.8. The predicted molar refractivity (Wildman–Crippen MR) is 110 cm³/mol. The molecule has 0 aromatic heterocycles. The molecule has 162 valence electrons. The molecule has 5 heteroatoms. The molecule has 1 aliphatic heterocycles. The Labute approximate surface area is 174 Å². The maximum Gasteiger partial charge on any atom is 0.338 e. The normalized spacial score (nSPS) is 27.6.